The zero-order chi connectivity index (χ0) is 43.2. The first-order valence-electron chi connectivity index (χ1n) is 20.8. The van der Waals surface area contributed by atoms with Crippen molar-refractivity contribution >= 4 is 22.4 Å². The van der Waals surface area contributed by atoms with Gasteiger partial charge in [0.2, 0.25) is 17.6 Å². The summed E-state index contributed by atoms with van der Waals surface area (Å²) < 4.78 is 80.0. The lowest BCUT2D eigenvalue weighted by molar-refractivity contribution is -0.166. The highest BCUT2D eigenvalue weighted by molar-refractivity contribution is 8.22. The number of aromatic nitrogens is 5. The van der Waals surface area contributed by atoms with Crippen molar-refractivity contribution in [1.82, 2.24) is 33.8 Å². The van der Waals surface area contributed by atoms with Crippen LogP contribution in [0.5, 0.6) is 11.8 Å². The Balaban J connectivity index is 1.27. The Labute approximate surface area is 352 Å². The number of nitrogens with zero attached hydrogens (tertiary/aromatic N) is 7. The largest absolute Gasteiger partial charge is 0.476 e. The van der Waals surface area contributed by atoms with Gasteiger partial charge in [0.25, 0.3) is 6.43 Å². The average Bonchev–Trinajstić information content (AvgIpc) is 3.60. The number of pyridine rings is 3. The van der Waals surface area contributed by atoms with Crippen molar-refractivity contribution in [2.24, 2.45) is 5.41 Å². The van der Waals surface area contributed by atoms with Gasteiger partial charge in [0.05, 0.1) is 37.4 Å². The summed E-state index contributed by atoms with van der Waals surface area (Å²) in [5, 5.41) is 7.86. The number of hydrogen-bond donors (Lipinski definition) is 2. The second-order valence-corrected chi connectivity index (χ2v) is 20.0. The van der Waals surface area contributed by atoms with E-state index in [4.69, 9.17) is 28.9 Å². The molecule has 14 nitrogen and oxygen atoms in total. The predicted molar refractivity (Wildman–Crippen MR) is 223 cm³/mol. The number of halogens is 2. The molecule has 0 saturated carbocycles. The molecule has 0 aromatic carbocycles. The van der Waals surface area contributed by atoms with Gasteiger partial charge in [-0.1, -0.05) is 12.5 Å². The van der Waals surface area contributed by atoms with Gasteiger partial charge < -0.3 is 18.9 Å². The van der Waals surface area contributed by atoms with Gasteiger partial charge in [-0.2, -0.15) is 9.29 Å². The maximum atomic E-state index is 14.1. The van der Waals surface area contributed by atoms with Gasteiger partial charge in [0, 0.05) is 42.8 Å². The molecule has 17 heteroatoms. The standard InChI is InChI=1S/C43H59F2N7O7S/c1-27-12-13-31(34(42(7,8)40(53)59-41(4,5)6)30-14-19-52-36(29(30)3)48-49-37(52)35(44)45)46-32(27)25-51-26-43(15-21-56-22-16-43)58-39-33(60(51,54)55)24-28(2)38(47-39)57-23-20-50-17-10-9-11-18-50/h12-14,19,24,34-35,54-55H,9-11,15-18,20-23,25-26H2,1-8H3. The Morgan fingerprint density at radius 3 is 2.38 bits per heavy atom. The molecule has 2 fully saturated rings. The summed E-state index contributed by atoms with van der Waals surface area (Å²) in [6.07, 6.45) is 3.25. The van der Waals surface area contributed by atoms with Crippen molar-refractivity contribution < 1.29 is 41.6 Å². The molecular weight excluding hydrogens is 797 g/mol. The minimum absolute atomic E-state index is 0.0140. The van der Waals surface area contributed by atoms with E-state index in [2.05, 4.69) is 15.1 Å². The maximum Gasteiger partial charge on any atom is 0.313 e. The quantitative estimate of drug-likeness (QED) is 0.139. The van der Waals surface area contributed by atoms with Crippen molar-refractivity contribution in [3.05, 3.63) is 69.9 Å². The number of rotatable bonds is 11. The highest BCUT2D eigenvalue weighted by Crippen LogP contribution is 2.59. The zero-order valence-electron chi connectivity index (χ0n) is 36.0. The van der Waals surface area contributed by atoms with Gasteiger partial charge >= 0.3 is 5.97 Å². The van der Waals surface area contributed by atoms with Crippen molar-refractivity contribution in [3.63, 3.8) is 0 Å². The van der Waals surface area contributed by atoms with Crippen LogP contribution in [0.15, 0.2) is 35.4 Å². The zero-order valence-corrected chi connectivity index (χ0v) is 36.8. The molecular formula is C43H59F2N7O7S. The molecule has 60 heavy (non-hydrogen) atoms. The number of carbonyl (C=O) groups excluding carboxylic acids is 1. The van der Waals surface area contributed by atoms with Crippen LogP contribution in [0.4, 0.5) is 8.78 Å². The van der Waals surface area contributed by atoms with Crippen molar-refractivity contribution in [2.75, 3.05) is 46.0 Å². The van der Waals surface area contributed by atoms with Crippen molar-refractivity contribution in [3.8, 4) is 11.8 Å². The Bertz CT molecular complexity index is 2200. The van der Waals surface area contributed by atoms with Crippen LogP contribution in [-0.2, 0) is 20.8 Å². The van der Waals surface area contributed by atoms with E-state index in [0.29, 0.717) is 66.6 Å². The van der Waals surface area contributed by atoms with Crippen LogP contribution in [0.2, 0.25) is 0 Å². The number of alkyl halides is 2. The third-order valence-electron chi connectivity index (χ3n) is 11.9. The summed E-state index contributed by atoms with van der Waals surface area (Å²) in [6.45, 7) is 18.8. The number of fused-ring (bicyclic) bond motifs is 2. The first kappa shape index (κ1) is 44.1. The monoisotopic (exact) mass is 855 g/mol. The van der Waals surface area contributed by atoms with Crippen LogP contribution in [0, 0.1) is 26.2 Å². The van der Waals surface area contributed by atoms with Gasteiger partial charge in [-0.05, 0) is 116 Å². The van der Waals surface area contributed by atoms with Crippen LogP contribution in [0.25, 0.3) is 5.65 Å². The van der Waals surface area contributed by atoms with Crippen molar-refractivity contribution in [2.45, 2.75) is 122 Å². The van der Waals surface area contributed by atoms with E-state index in [1.165, 1.54) is 29.9 Å². The van der Waals surface area contributed by atoms with Crippen LogP contribution in [0.1, 0.15) is 119 Å². The molecule has 4 aromatic rings. The molecule has 1 spiro atoms. The lowest BCUT2D eigenvalue weighted by Crippen LogP contribution is -2.50. The molecule has 0 bridgehead atoms. The van der Waals surface area contributed by atoms with E-state index in [1.54, 1.807) is 58.0 Å². The molecule has 328 valence electrons. The Hall–Kier alpha value is -4.00. The lowest BCUT2D eigenvalue weighted by atomic mass is 9.71. The Morgan fingerprint density at radius 1 is 0.983 bits per heavy atom. The number of esters is 1. The second-order valence-electron chi connectivity index (χ2n) is 18.0. The molecule has 1 atom stereocenters. The molecule has 3 aliphatic heterocycles. The van der Waals surface area contributed by atoms with Crippen LogP contribution >= 0.6 is 10.8 Å². The predicted octanol–water partition coefficient (Wildman–Crippen LogP) is 8.21. The average molecular weight is 856 g/mol. The van der Waals surface area contributed by atoms with E-state index in [1.807, 2.05) is 26.0 Å². The molecule has 2 saturated heterocycles. The number of piperidine rings is 1. The van der Waals surface area contributed by atoms with Gasteiger partial charge in [-0.3, -0.25) is 28.2 Å². The first-order chi connectivity index (χ1) is 28.3. The third-order valence-corrected chi connectivity index (χ3v) is 13.8. The summed E-state index contributed by atoms with van der Waals surface area (Å²) in [5.41, 5.74) is 1.03. The number of ether oxygens (including phenoxy) is 4. The van der Waals surface area contributed by atoms with E-state index in [-0.39, 0.29) is 29.5 Å². The van der Waals surface area contributed by atoms with Crippen LogP contribution in [-0.4, -0.2) is 106 Å². The van der Waals surface area contributed by atoms with E-state index < -0.39 is 51.5 Å². The van der Waals surface area contributed by atoms with E-state index in [0.717, 1.165) is 25.2 Å². The van der Waals surface area contributed by atoms with E-state index >= 15 is 0 Å². The topological polar surface area (TPSA) is 157 Å². The lowest BCUT2D eigenvalue weighted by Gasteiger charge is -2.44. The summed E-state index contributed by atoms with van der Waals surface area (Å²) in [5.74, 6) is -1.19. The normalized spacial score (nSPS) is 19.8. The Kier molecular flexibility index (Phi) is 12.5. The molecule has 0 aliphatic carbocycles. The second kappa shape index (κ2) is 17.0. The fourth-order valence-electron chi connectivity index (χ4n) is 8.46. The minimum Gasteiger partial charge on any atom is -0.476 e. The molecule has 7 rings (SSSR count). The summed E-state index contributed by atoms with van der Waals surface area (Å²) in [6, 6.07) is 7.14. The van der Waals surface area contributed by atoms with Gasteiger partial charge in [-0.25, -0.2) is 8.78 Å². The Morgan fingerprint density at radius 2 is 1.70 bits per heavy atom. The SMILES string of the molecule is Cc1ccc(C(c2ccn3c(C(F)F)nnc3c2C)C(C)(C)C(=O)OC(C)(C)C)nc1CN1CC2(CCOCC2)Oc2nc(OCCN3CCCCC3)c(C)cc2S1(O)O. The fourth-order valence-corrected chi connectivity index (χ4v) is 10.1. The molecule has 0 amide bonds. The molecule has 0 radical (unpaired) electrons. The molecule has 1 unspecified atom stereocenters. The smallest absolute Gasteiger partial charge is 0.313 e. The van der Waals surface area contributed by atoms with Crippen LogP contribution in [0.3, 0.4) is 0 Å². The van der Waals surface area contributed by atoms with Gasteiger partial charge in [0.1, 0.15) is 22.7 Å². The first-order valence-corrected chi connectivity index (χ1v) is 22.3. The fraction of sp³-hybridized carbons (Fsp3) is 0.605. The summed E-state index contributed by atoms with van der Waals surface area (Å²) in [4.78, 5) is 26.7. The molecule has 4 aromatic heterocycles. The number of aryl methyl sites for hydroxylation is 3. The number of carbonyl (C=O) groups is 1. The minimum atomic E-state index is -3.72. The van der Waals surface area contributed by atoms with Gasteiger partial charge in [0.15, 0.2) is 5.65 Å². The highest BCUT2D eigenvalue weighted by Gasteiger charge is 2.47. The third kappa shape index (κ3) is 8.98. The number of likely N-dealkylation sites (tertiary alicyclic amines) is 1. The van der Waals surface area contributed by atoms with Crippen molar-refractivity contribution in [1.29, 1.82) is 0 Å². The summed E-state index contributed by atoms with van der Waals surface area (Å²) >= 11 is 0. The molecule has 3 aliphatic rings. The number of hydrogen-bond acceptors (Lipinski definition) is 13. The maximum absolute atomic E-state index is 14.1. The highest BCUT2D eigenvalue weighted by atomic mass is 32.3. The van der Waals surface area contributed by atoms with E-state index in [9.17, 15) is 22.7 Å². The molecule has 2 N–H and O–H groups in total. The summed E-state index contributed by atoms with van der Waals surface area (Å²) in [7, 11) is -3.72. The molecule has 7 heterocycles. The van der Waals surface area contributed by atoms with Gasteiger partial charge in [-0.15, -0.1) is 21.0 Å². The van der Waals surface area contributed by atoms with Crippen LogP contribution < -0.4 is 9.47 Å².